The van der Waals surface area contributed by atoms with Gasteiger partial charge in [-0.3, -0.25) is 0 Å². The molecular formula is C17H24BrN. The SMILES string of the molecule is NC(c1ccc(Br)cc1)C1CCC2CCCCC2C1. The Morgan fingerprint density at radius 2 is 1.63 bits per heavy atom. The van der Waals surface area contributed by atoms with Gasteiger partial charge in [0, 0.05) is 10.5 Å². The van der Waals surface area contributed by atoms with Crippen LogP contribution in [0.4, 0.5) is 0 Å². The van der Waals surface area contributed by atoms with E-state index in [4.69, 9.17) is 5.73 Å². The number of hydrogen-bond acceptors (Lipinski definition) is 1. The molecule has 0 spiro atoms. The number of rotatable bonds is 2. The summed E-state index contributed by atoms with van der Waals surface area (Å²) < 4.78 is 1.14. The Morgan fingerprint density at radius 3 is 2.37 bits per heavy atom. The zero-order valence-electron chi connectivity index (χ0n) is 11.5. The van der Waals surface area contributed by atoms with Crippen molar-refractivity contribution in [2.24, 2.45) is 23.5 Å². The number of benzene rings is 1. The molecule has 1 aromatic carbocycles. The smallest absolute Gasteiger partial charge is 0.0323 e. The van der Waals surface area contributed by atoms with Crippen LogP contribution in [0.15, 0.2) is 28.7 Å². The quantitative estimate of drug-likeness (QED) is 0.809. The lowest BCUT2D eigenvalue weighted by atomic mass is 9.65. The summed E-state index contributed by atoms with van der Waals surface area (Å²) in [6.45, 7) is 0. The van der Waals surface area contributed by atoms with Gasteiger partial charge in [0.2, 0.25) is 0 Å². The van der Waals surface area contributed by atoms with Crippen LogP contribution in [0, 0.1) is 17.8 Å². The maximum atomic E-state index is 6.53. The second kappa shape index (κ2) is 5.97. The number of nitrogens with two attached hydrogens (primary N) is 1. The molecule has 2 saturated carbocycles. The summed E-state index contributed by atoms with van der Waals surface area (Å²) in [6, 6.07) is 8.82. The van der Waals surface area contributed by atoms with E-state index in [1.165, 1.54) is 50.5 Å². The largest absolute Gasteiger partial charge is 0.324 e. The molecule has 4 unspecified atom stereocenters. The predicted molar refractivity (Wildman–Crippen MR) is 83.9 cm³/mol. The Morgan fingerprint density at radius 1 is 0.947 bits per heavy atom. The van der Waals surface area contributed by atoms with E-state index in [9.17, 15) is 0 Å². The van der Waals surface area contributed by atoms with E-state index in [1.54, 1.807) is 0 Å². The summed E-state index contributed by atoms with van der Waals surface area (Å²) in [5.41, 5.74) is 7.83. The Balaban J connectivity index is 1.67. The standard InChI is InChI=1S/C17H24BrN/c18-16-9-7-13(8-10-16)17(19)15-6-5-12-3-1-2-4-14(12)11-15/h7-10,12,14-15,17H,1-6,11,19H2. The van der Waals surface area contributed by atoms with Crippen LogP contribution in [0.2, 0.25) is 0 Å². The molecule has 0 radical (unpaired) electrons. The lowest BCUT2D eigenvalue weighted by Gasteiger charge is -2.41. The molecule has 2 N–H and O–H groups in total. The van der Waals surface area contributed by atoms with Crippen molar-refractivity contribution in [2.45, 2.75) is 51.0 Å². The van der Waals surface area contributed by atoms with Crippen LogP contribution in [0.3, 0.4) is 0 Å². The van der Waals surface area contributed by atoms with E-state index in [-0.39, 0.29) is 6.04 Å². The third-order valence-corrected chi connectivity index (χ3v) is 5.87. The molecule has 0 aliphatic heterocycles. The molecule has 0 bridgehead atoms. The Bertz CT molecular complexity index is 414. The van der Waals surface area contributed by atoms with Gasteiger partial charge in [0.25, 0.3) is 0 Å². The van der Waals surface area contributed by atoms with Crippen molar-refractivity contribution in [2.75, 3.05) is 0 Å². The van der Waals surface area contributed by atoms with Gasteiger partial charge in [-0.05, 0) is 54.7 Å². The second-order valence-electron chi connectivity index (χ2n) is 6.46. The molecular weight excluding hydrogens is 298 g/mol. The van der Waals surface area contributed by atoms with Crippen molar-refractivity contribution in [3.63, 3.8) is 0 Å². The molecule has 2 fully saturated rings. The maximum absolute atomic E-state index is 6.53. The second-order valence-corrected chi connectivity index (χ2v) is 7.37. The first kappa shape index (κ1) is 13.6. The van der Waals surface area contributed by atoms with E-state index < -0.39 is 0 Å². The summed E-state index contributed by atoms with van der Waals surface area (Å²) in [5, 5.41) is 0. The zero-order valence-corrected chi connectivity index (χ0v) is 13.1. The highest BCUT2D eigenvalue weighted by Gasteiger charge is 2.34. The van der Waals surface area contributed by atoms with Crippen LogP contribution in [0.25, 0.3) is 0 Å². The van der Waals surface area contributed by atoms with Gasteiger partial charge in [-0.1, -0.05) is 53.7 Å². The fourth-order valence-electron chi connectivity index (χ4n) is 4.19. The van der Waals surface area contributed by atoms with Crippen LogP contribution in [-0.4, -0.2) is 0 Å². The Hall–Kier alpha value is -0.340. The van der Waals surface area contributed by atoms with Gasteiger partial charge < -0.3 is 5.73 Å². The Labute approximate surface area is 125 Å². The lowest BCUT2D eigenvalue weighted by Crippen LogP contribution is -2.33. The van der Waals surface area contributed by atoms with E-state index in [1.807, 2.05) is 0 Å². The molecule has 0 saturated heterocycles. The van der Waals surface area contributed by atoms with Gasteiger partial charge >= 0.3 is 0 Å². The first-order chi connectivity index (χ1) is 9.24. The van der Waals surface area contributed by atoms with Crippen LogP contribution in [-0.2, 0) is 0 Å². The minimum Gasteiger partial charge on any atom is -0.324 e. The van der Waals surface area contributed by atoms with Crippen molar-refractivity contribution in [1.82, 2.24) is 0 Å². The topological polar surface area (TPSA) is 26.0 Å². The highest BCUT2D eigenvalue weighted by molar-refractivity contribution is 9.10. The lowest BCUT2D eigenvalue weighted by molar-refractivity contribution is 0.117. The number of fused-ring (bicyclic) bond motifs is 1. The van der Waals surface area contributed by atoms with Gasteiger partial charge in [-0.25, -0.2) is 0 Å². The van der Waals surface area contributed by atoms with Crippen molar-refractivity contribution in [1.29, 1.82) is 0 Å². The first-order valence-electron chi connectivity index (χ1n) is 7.75. The molecule has 2 aliphatic carbocycles. The normalized spacial score (nSPS) is 32.6. The van der Waals surface area contributed by atoms with Gasteiger partial charge in [0.15, 0.2) is 0 Å². The summed E-state index contributed by atoms with van der Waals surface area (Å²) in [6.07, 6.45) is 9.95. The molecule has 104 valence electrons. The highest BCUT2D eigenvalue weighted by atomic mass is 79.9. The van der Waals surface area contributed by atoms with Crippen LogP contribution in [0.1, 0.15) is 56.6 Å². The molecule has 0 aromatic heterocycles. The van der Waals surface area contributed by atoms with Gasteiger partial charge in [0.05, 0.1) is 0 Å². The minimum absolute atomic E-state index is 0.232. The molecule has 0 amide bonds. The number of halogens is 1. The van der Waals surface area contributed by atoms with Crippen LogP contribution < -0.4 is 5.73 Å². The molecule has 2 aliphatic rings. The van der Waals surface area contributed by atoms with Crippen LogP contribution in [0.5, 0.6) is 0 Å². The average Bonchev–Trinajstić information content (AvgIpc) is 2.47. The van der Waals surface area contributed by atoms with Gasteiger partial charge in [-0.15, -0.1) is 0 Å². The molecule has 4 atom stereocenters. The molecule has 19 heavy (non-hydrogen) atoms. The first-order valence-corrected chi connectivity index (χ1v) is 8.54. The molecule has 1 nitrogen and oxygen atoms in total. The summed E-state index contributed by atoms with van der Waals surface area (Å²) >= 11 is 3.50. The monoisotopic (exact) mass is 321 g/mol. The van der Waals surface area contributed by atoms with E-state index in [0.717, 1.165) is 16.3 Å². The average molecular weight is 322 g/mol. The van der Waals surface area contributed by atoms with E-state index in [2.05, 4.69) is 40.2 Å². The van der Waals surface area contributed by atoms with Crippen molar-refractivity contribution in [3.8, 4) is 0 Å². The number of hydrogen-bond donors (Lipinski definition) is 1. The molecule has 2 heteroatoms. The molecule has 3 rings (SSSR count). The van der Waals surface area contributed by atoms with E-state index >= 15 is 0 Å². The maximum Gasteiger partial charge on any atom is 0.0323 e. The minimum atomic E-state index is 0.232. The van der Waals surface area contributed by atoms with Crippen molar-refractivity contribution in [3.05, 3.63) is 34.3 Å². The van der Waals surface area contributed by atoms with Crippen molar-refractivity contribution < 1.29 is 0 Å². The van der Waals surface area contributed by atoms with Gasteiger partial charge in [0.1, 0.15) is 0 Å². The van der Waals surface area contributed by atoms with Crippen LogP contribution >= 0.6 is 15.9 Å². The molecule has 0 heterocycles. The molecule has 1 aromatic rings. The fourth-order valence-corrected chi connectivity index (χ4v) is 4.46. The van der Waals surface area contributed by atoms with E-state index in [0.29, 0.717) is 5.92 Å². The third-order valence-electron chi connectivity index (χ3n) is 5.34. The summed E-state index contributed by atoms with van der Waals surface area (Å²) in [4.78, 5) is 0. The summed E-state index contributed by atoms with van der Waals surface area (Å²) in [5.74, 6) is 2.68. The predicted octanol–water partition coefficient (Wildman–Crippen LogP) is 5.06. The Kier molecular flexibility index (Phi) is 4.28. The summed E-state index contributed by atoms with van der Waals surface area (Å²) in [7, 11) is 0. The third kappa shape index (κ3) is 3.05. The highest BCUT2D eigenvalue weighted by Crippen LogP contribution is 2.45. The zero-order chi connectivity index (χ0) is 13.2. The van der Waals surface area contributed by atoms with Gasteiger partial charge in [-0.2, -0.15) is 0 Å². The fraction of sp³-hybridized carbons (Fsp3) is 0.647. The van der Waals surface area contributed by atoms with Crippen molar-refractivity contribution >= 4 is 15.9 Å².